The van der Waals surface area contributed by atoms with Gasteiger partial charge in [-0.3, -0.25) is 14.3 Å². The average molecular weight is 490 g/mol. The number of hydrogen-bond donors (Lipinski definition) is 0. The van der Waals surface area contributed by atoms with Gasteiger partial charge in [0.2, 0.25) is 11.2 Å². The summed E-state index contributed by atoms with van der Waals surface area (Å²) in [4.78, 5) is 40.5. The maximum atomic E-state index is 13.6. The molecule has 1 aliphatic rings. The molecule has 2 heterocycles. The van der Waals surface area contributed by atoms with E-state index in [0.717, 1.165) is 17.3 Å². The normalized spacial score (nSPS) is 15.4. The molecule has 8 heteroatoms. The van der Waals surface area contributed by atoms with Crippen molar-refractivity contribution in [2.75, 3.05) is 13.2 Å². The first kappa shape index (κ1) is 25.2. The molecule has 0 saturated heterocycles. The maximum Gasteiger partial charge on any atom is 0.514 e. The van der Waals surface area contributed by atoms with E-state index in [1.54, 1.807) is 9.58 Å². The molecule has 1 atom stereocenters. The molecule has 1 aliphatic heterocycles. The molecule has 0 spiro atoms. The third kappa shape index (κ3) is 5.17. The Kier molecular flexibility index (Phi) is 7.52. The quantitative estimate of drug-likeness (QED) is 0.449. The van der Waals surface area contributed by atoms with E-state index in [1.165, 1.54) is 0 Å². The second kappa shape index (κ2) is 10.8. The van der Waals surface area contributed by atoms with Crippen molar-refractivity contribution in [1.82, 2.24) is 14.7 Å². The SMILES string of the molecule is CC(C)COC(=O)Oc1c2n(ncc1=O)C(C(c1ccccc1)c1ccccc1)CN(C(C)C)C2=O. The lowest BCUT2D eigenvalue weighted by atomic mass is 9.83. The minimum absolute atomic E-state index is 0.0502. The average Bonchev–Trinajstić information content (AvgIpc) is 2.86. The Hall–Kier alpha value is -3.94. The summed E-state index contributed by atoms with van der Waals surface area (Å²) in [6, 6.07) is 19.4. The molecule has 3 aromatic rings. The second-order valence-corrected chi connectivity index (χ2v) is 9.61. The van der Waals surface area contributed by atoms with Gasteiger partial charge in [0.05, 0.1) is 18.8 Å². The predicted molar refractivity (Wildman–Crippen MR) is 135 cm³/mol. The van der Waals surface area contributed by atoms with Gasteiger partial charge in [-0.05, 0) is 30.9 Å². The lowest BCUT2D eigenvalue weighted by Gasteiger charge is -2.41. The number of hydrogen-bond acceptors (Lipinski definition) is 6. The van der Waals surface area contributed by atoms with Crippen LogP contribution in [0.4, 0.5) is 4.79 Å². The standard InChI is InChI=1S/C28H31N3O5/c1-18(2)17-35-28(34)36-26-23(32)15-29-31-22(16-30(19(3)4)27(33)25(26)31)24(20-11-7-5-8-12-20)21-13-9-6-10-14-21/h5-15,18-19,22,24H,16-17H2,1-4H3. The van der Waals surface area contributed by atoms with Crippen LogP contribution in [0.1, 0.15) is 61.3 Å². The van der Waals surface area contributed by atoms with Crippen LogP contribution in [0, 0.1) is 5.92 Å². The van der Waals surface area contributed by atoms with Crippen LogP contribution in [0.2, 0.25) is 0 Å². The number of rotatable bonds is 7. The molecule has 4 rings (SSSR count). The van der Waals surface area contributed by atoms with Crippen LogP contribution in [-0.2, 0) is 4.74 Å². The lowest BCUT2D eigenvalue weighted by molar-refractivity contribution is 0.0560. The molecule has 36 heavy (non-hydrogen) atoms. The van der Waals surface area contributed by atoms with Crippen molar-refractivity contribution in [3.8, 4) is 5.75 Å². The minimum atomic E-state index is -1.02. The molecule has 1 amide bonds. The van der Waals surface area contributed by atoms with Crippen LogP contribution in [0.3, 0.4) is 0 Å². The van der Waals surface area contributed by atoms with Gasteiger partial charge in [0.15, 0.2) is 5.69 Å². The van der Waals surface area contributed by atoms with E-state index in [-0.39, 0.29) is 42.0 Å². The van der Waals surface area contributed by atoms with Crippen LogP contribution in [0.15, 0.2) is 71.7 Å². The summed E-state index contributed by atoms with van der Waals surface area (Å²) in [7, 11) is 0. The number of carbonyl (C=O) groups is 2. The third-order valence-electron chi connectivity index (χ3n) is 6.17. The Bertz CT molecular complexity index is 1230. The third-order valence-corrected chi connectivity index (χ3v) is 6.17. The summed E-state index contributed by atoms with van der Waals surface area (Å²) < 4.78 is 12.0. The molecular weight excluding hydrogens is 458 g/mol. The van der Waals surface area contributed by atoms with Crippen molar-refractivity contribution in [1.29, 1.82) is 0 Å². The van der Waals surface area contributed by atoms with Crippen LogP contribution >= 0.6 is 0 Å². The fraction of sp³-hybridized carbons (Fsp3) is 0.357. The van der Waals surface area contributed by atoms with Crippen LogP contribution in [0.25, 0.3) is 0 Å². The first-order valence-corrected chi connectivity index (χ1v) is 12.1. The molecule has 0 radical (unpaired) electrons. The number of carbonyl (C=O) groups excluding carboxylic acids is 2. The smallest absolute Gasteiger partial charge is 0.434 e. The van der Waals surface area contributed by atoms with E-state index >= 15 is 0 Å². The molecule has 1 aromatic heterocycles. The van der Waals surface area contributed by atoms with Gasteiger partial charge in [-0.25, -0.2) is 4.79 Å². The van der Waals surface area contributed by atoms with Crippen LogP contribution < -0.4 is 10.2 Å². The van der Waals surface area contributed by atoms with Crippen molar-refractivity contribution in [2.24, 2.45) is 5.92 Å². The molecule has 8 nitrogen and oxygen atoms in total. The summed E-state index contributed by atoms with van der Waals surface area (Å²) in [5.41, 5.74) is 1.37. The van der Waals surface area contributed by atoms with E-state index in [1.807, 2.05) is 88.4 Å². The number of ether oxygens (including phenoxy) is 2. The van der Waals surface area contributed by atoms with Gasteiger partial charge in [0, 0.05) is 18.5 Å². The highest BCUT2D eigenvalue weighted by atomic mass is 16.7. The predicted octanol–water partition coefficient (Wildman–Crippen LogP) is 4.65. The monoisotopic (exact) mass is 489 g/mol. The number of aromatic nitrogens is 2. The highest BCUT2D eigenvalue weighted by molar-refractivity contribution is 5.96. The zero-order valence-electron chi connectivity index (χ0n) is 21.0. The number of benzene rings is 2. The zero-order chi connectivity index (χ0) is 25.8. The van der Waals surface area contributed by atoms with Gasteiger partial charge >= 0.3 is 6.16 Å². The van der Waals surface area contributed by atoms with Crippen LogP contribution in [0.5, 0.6) is 5.75 Å². The summed E-state index contributed by atoms with van der Waals surface area (Å²) in [5.74, 6) is -0.877. The fourth-order valence-corrected chi connectivity index (χ4v) is 4.49. The molecule has 0 aliphatic carbocycles. The van der Waals surface area contributed by atoms with Crippen molar-refractivity contribution >= 4 is 12.1 Å². The van der Waals surface area contributed by atoms with Gasteiger partial charge in [0.25, 0.3) is 5.91 Å². The first-order chi connectivity index (χ1) is 17.3. The molecule has 1 unspecified atom stereocenters. The first-order valence-electron chi connectivity index (χ1n) is 12.1. The Labute approximate surface area is 210 Å². The second-order valence-electron chi connectivity index (χ2n) is 9.61. The number of fused-ring (bicyclic) bond motifs is 1. The van der Waals surface area contributed by atoms with E-state index in [9.17, 15) is 14.4 Å². The van der Waals surface area contributed by atoms with Gasteiger partial charge < -0.3 is 14.4 Å². The Morgan fingerprint density at radius 1 is 0.972 bits per heavy atom. The van der Waals surface area contributed by atoms with Crippen molar-refractivity contribution < 1.29 is 19.1 Å². The fourth-order valence-electron chi connectivity index (χ4n) is 4.49. The van der Waals surface area contributed by atoms with E-state index in [2.05, 4.69) is 5.10 Å². The van der Waals surface area contributed by atoms with Crippen molar-refractivity contribution in [3.05, 3.63) is 93.9 Å². The van der Waals surface area contributed by atoms with Gasteiger partial charge in [-0.2, -0.15) is 5.10 Å². The Morgan fingerprint density at radius 3 is 2.08 bits per heavy atom. The molecule has 0 bridgehead atoms. The van der Waals surface area contributed by atoms with E-state index in [0.29, 0.717) is 6.54 Å². The molecular formula is C28H31N3O5. The maximum absolute atomic E-state index is 13.6. The van der Waals surface area contributed by atoms with Crippen molar-refractivity contribution in [3.63, 3.8) is 0 Å². The minimum Gasteiger partial charge on any atom is -0.434 e. The summed E-state index contributed by atoms with van der Waals surface area (Å²) in [6.07, 6.45) is 0.0657. The molecule has 2 aromatic carbocycles. The van der Waals surface area contributed by atoms with E-state index in [4.69, 9.17) is 9.47 Å². The molecule has 188 valence electrons. The zero-order valence-corrected chi connectivity index (χ0v) is 21.0. The number of nitrogens with zero attached hydrogens (tertiary/aromatic N) is 3. The Balaban J connectivity index is 1.87. The van der Waals surface area contributed by atoms with Gasteiger partial charge in [-0.1, -0.05) is 74.5 Å². The van der Waals surface area contributed by atoms with Crippen molar-refractivity contribution in [2.45, 2.75) is 45.7 Å². The lowest BCUT2D eigenvalue weighted by Crippen LogP contribution is -2.50. The summed E-state index contributed by atoms with van der Waals surface area (Å²) in [6.45, 7) is 8.10. The number of amides is 1. The molecule has 0 N–H and O–H groups in total. The highest BCUT2D eigenvalue weighted by Gasteiger charge is 2.41. The Morgan fingerprint density at radius 2 is 1.56 bits per heavy atom. The molecule has 0 fully saturated rings. The van der Waals surface area contributed by atoms with Gasteiger partial charge in [-0.15, -0.1) is 0 Å². The van der Waals surface area contributed by atoms with E-state index < -0.39 is 17.5 Å². The molecule has 0 saturated carbocycles. The van der Waals surface area contributed by atoms with Gasteiger partial charge in [0.1, 0.15) is 0 Å². The van der Waals surface area contributed by atoms with Crippen LogP contribution in [-0.4, -0.2) is 45.9 Å². The summed E-state index contributed by atoms with van der Waals surface area (Å²) in [5, 5.41) is 4.38. The largest absolute Gasteiger partial charge is 0.514 e. The highest BCUT2D eigenvalue weighted by Crippen LogP contribution is 2.39. The topological polar surface area (TPSA) is 90.7 Å². The summed E-state index contributed by atoms with van der Waals surface area (Å²) >= 11 is 0.